The summed E-state index contributed by atoms with van der Waals surface area (Å²) in [5.74, 6) is 1.33. The number of amides is 1. The Balaban J connectivity index is 1.54. The van der Waals surface area contributed by atoms with Gasteiger partial charge >= 0.3 is 0 Å². The summed E-state index contributed by atoms with van der Waals surface area (Å²) in [6, 6.07) is 0. The SMILES string of the molecule is Cc1nnc(SCCCNC(=O)[C@@H]2CCNC2)s1. The summed E-state index contributed by atoms with van der Waals surface area (Å²) in [7, 11) is 0. The van der Waals surface area contributed by atoms with Crippen molar-refractivity contribution in [1.82, 2.24) is 20.8 Å². The normalized spacial score (nSPS) is 19.1. The second-order valence-corrected chi connectivity index (χ2v) is 6.79. The number of thioether (sulfide) groups is 1. The first-order valence-corrected chi connectivity index (χ1v) is 7.97. The first kappa shape index (κ1) is 13.8. The topological polar surface area (TPSA) is 66.9 Å². The van der Waals surface area contributed by atoms with Gasteiger partial charge in [-0.05, 0) is 26.3 Å². The summed E-state index contributed by atoms with van der Waals surface area (Å²) >= 11 is 3.32. The van der Waals surface area contributed by atoms with E-state index < -0.39 is 0 Å². The summed E-state index contributed by atoms with van der Waals surface area (Å²) < 4.78 is 1.01. The number of nitrogens with one attached hydrogen (secondary N) is 2. The van der Waals surface area contributed by atoms with E-state index in [1.54, 1.807) is 23.1 Å². The van der Waals surface area contributed by atoms with Crippen molar-refractivity contribution in [2.24, 2.45) is 5.92 Å². The van der Waals surface area contributed by atoms with Crippen LogP contribution >= 0.6 is 23.1 Å². The monoisotopic (exact) mass is 286 g/mol. The maximum absolute atomic E-state index is 11.7. The third kappa shape index (κ3) is 4.22. The summed E-state index contributed by atoms with van der Waals surface area (Å²) in [4.78, 5) is 11.7. The van der Waals surface area contributed by atoms with Crippen LogP contribution in [0.4, 0.5) is 0 Å². The highest BCUT2D eigenvalue weighted by molar-refractivity contribution is 8.01. The van der Waals surface area contributed by atoms with Crippen LogP contribution in [0.5, 0.6) is 0 Å². The highest BCUT2D eigenvalue weighted by Gasteiger charge is 2.21. The van der Waals surface area contributed by atoms with Crippen molar-refractivity contribution in [2.45, 2.75) is 24.1 Å². The van der Waals surface area contributed by atoms with Gasteiger partial charge in [0.25, 0.3) is 0 Å². The predicted octanol–water partition coefficient (Wildman–Crippen LogP) is 1.05. The zero-order valence-electron chi connectivity index (χ0n) is 10.4. The molecule has 0 saturated carbocycles. The van der Waals surface area contributed by atoms with Gasteiger partial charge in [0.2, 0.25) is 5.91 Å². The minimum Gasteiger partial charge on any atom is -0.356 e. The van der Waals surface area contributed by atoms with E-state index in [0.29, 0.717) is 0 Å². The van der Waals surface area contributed by atoms with Gasteiger partial charge in [-0.15, -0.1) is 10.2 Å². The predicted molar refractivity (Wildman–Crippen MR) is 74.0 cm³/mol. The zero-order chi connectivity index (χ0) is 12.8. The van der Waals surface area contributed by atoms with Crippen molar-refractivity contribution < 1.29 is 4.79 Å². The van der Waals surface area contributed by atoms with Gasteiger partial charge in [-0.2, -0.15) is 0 Å². The molecule has 7 heteroatoms. The fraction of sp³-hybridized carbons (Fsp3) is 0.727. The molecule has 1 aromatic rings. The molecule has 100 valence electrons. The van der Waals surface area contributed by atoms with Crippen LogP contribution in [0.25, 0.3) is 0 Å². The largest absolute Gasteiger partial charge is 0.356 e. The number of hydrogen-bond acceptors (Lipinski definition) is 6. The minimum atomic E-state index is 0.170. The first-order chi connectivity index (χ1) is 8.75. The molecule has 18 heavy (non-hydrogen) atoms. The maximum Gasteiger partial charge on any atom is 0.224 e. The fourth-order valence-corrected chi connectivity index (χ4v) is 3.63. The number of rotatable bonds is 6. The van der Waals surface area contributed by atoms with Crippen LogP contribution in [0.15, 0.2) is 4.34 Å². The Hall–Kier alpha value is -0.660. The van der Waals surface area contributed by atoms with Crippen molar-refractivity contribution in [2.75, 3.05) is 25.4 Å². The third-order valence-electron chi connectivity index (χ3n) is 2.78. The van der Waals surface area contributed by atoms with E-state index in [9.17, 15) is 4.79 Å². The van der Waals surface area contributed by atoms with Crippen LogP contribution < -0.4 is 10.6 Å². The minimum absolute atomic E-state index is 0.170. The van der Waals surface area contributed by atoms with Crippen LogP contribution in [0.1, 0.15) is 17.8 Å². The van der Waals surface area contributed by atoms with E-state index >= 15 is 0 Å². The van der Waals surface area contributed by atoms with E-state index in [2.05, 4.69) is 20.8 Å². The highest BCUT2D eigenvalue weighted by atomic mass is 32.2. The number of nitrogens with zero attached hydrogens (tertiary/aromatic N) is 2. The Morgan fingerprint density at radius 1 is 1.61 bits per heavy atom. The molecule has 2 heterocycles. The van der Waals surface area contributed by atoms with Crippen LogP contribution in [0.2, 0.25) is 0 Å². The van der Waals surface area contributed by atoms with Gasteiger partial charge in [0.1, 0.15) is 5.01 Å². The Morgan fingerprint density at radius 3 is 3.17 bits per heavy atom. The molecule has 1 fully saturated rings. The van der Waals surface area contributed by atoms with Crippen molar-refractivity contribution in [1.29, 1.82) is 0 Å². The molecule has 5 nitrogen and oxygen atoms in total. The van der Waals surface area contributed by atoms with Gasteiger partial charge in [-0.25, -0.2) is 0 Å². The molecule has 1 aromatic heterocycles. The average Bonchev–Trinajstić information content (AvgIpc) is 2.99. The number of aryl methyl sites for hydroxylation is 1. The van der Waals surface area contributed by atoms with Gasteiger partial charge in [0.15, 0.2) is 4.34 Å². The Bertz CT molecular complexity index is 390. The number of carbonyl (C=O) groups is 1. The molecule has 0 unspecified atom stereocenters. The standard InChI is InChI=1S/C11H18N4OS2/c1-8-14-15-11(18-8)17-6-2-4-13-10(16)9-3-5-12-7-9/h9,12H,2-7H2,1H3,(H,13,16)/t9-/m1/s1. The van der Waals surface area contributed by atoms with E-state index in [0.717, 1.165) is 47.6 Å². The quantitative estimate of drug-likeness (QED) is 0.604. The molecule has 2 rings (SSSR count). The molecule has 0 aliphatic carbocycles. The molecule has 1 aliphatic heterocycles. The average molecular weight is 286 g/mol. The zero-order valence-corrected chi connectivity index (χ0v) is 12.1. The number of hydrogen-bond donors (Lipinski definition) is 2. The summed E-state index contributed by atoms with van der Waals surface area (Å²) in [5.41, 5.74) is 0. The number of aromatic nitrogens is 2. The lowest BCUT2D eigenvalue weighted by Gasteiger charge is -2.09. The highest BCUT2D eigenvalue weighted by Crippen LogP contribution is 2.22. The van der Waals surface area contributed by atoms with Crippen LogP contribution in [-0.2, 0) is 4.79 Å². The van der Waals surface area contributed by atoms with Crippen molar-refractivity contribution in [3.63, 3.8) is 0 Å². The lowest BCUT2D eigenvalue weighted by atomic mass is 10.1. The molecule has 2 N–H and O–H groups in total. The van der Waals surface area contributed by atoms with Crippen LogP contribution in [-0.4, -0.2) is 41.5 Å². The van der Waals surface area contributed by atoms with Gasteiger partial charge < -0.3 is 10.6 Å². The summed E-state index contributed by atoms with van der Waals surface area (Å²) in [6.07, 6.45) is 1.93. The Labute approximate surface area is 115 Å². The summed E-state index contributed by atoms with van der Waals surface area (Å²) in [6.45, 7) is 4.49. The van der Waals surface area contributed by atoms with Gasteiger partial charge in [0, 0.05) is 18.8 Å². The molecule has 1 aliphatic rings. The first-order valence-electron chi connectivity index (χ1n) is 6.17. The van der Waals surface area contributed by atoms with Gasteiger partial charge in [-0.1, -0.05) is 23.1 Å². The van der Waals surface area contributed by atoms with Crippen molar-refractivity contribution in [3.8, 4) is 0 Å². The van der Waals surface area contributed by atoms with Crippen LogP contribution in [0, 0.1) is 12.8 Å². The maximum atomic E-state index is 11.7. The summed E-state index contributed by atoms with van der Waals surface area (Å²) in [5, 5.41) is 15.2. The molecule has 0 bridgehead atoms. The fourth-order valence-electron chi connectivity index (χ4n) is 1.80. The van der Waals surface area contributed by atoms with Crippen molar-refractivity contribution in [3.05, 3.63) is 5.01 Å². The molecule has 0 aromatic carbocycles. The molecule has 1 amide bonds. The second kappa shape index (κ2) is 7.06. The lowest BCUT2D eigenvalue weighted by Crippen LogP contribution is -2.32. The van der Waals surface area contributed by atoms with Gasteiger partial charge in [0.05, 0.1) is 5.92 Å². The Morgan fingerprint density at radius 2 is 2.50 bits per heavy atom. The van der Waals surface area contributed by atoms with E-state index in [1.807, 2.05) is 6.92 Å². The number of carbonyl (C=O) groups excluding carboxylic acids is 1. The molecular weight excluding hydrogens is 268 g/mol. The molecule has 0 spiro atoms. The van der Waals surface area contributed by atoms with Crippen LogP contribution in [0.3, 0.4) is 0 Å². The molecule has 1 saturated heterocycles. The van der Waals surface area contributed by atoms with E-state index in [1.165, 1.54) is 0 Å². The molecule has 1 atom stereocenters. The molecule has 0 radical (unpaired) electrons. The van der Waals surface area contributed by atoms with Crippen molar-refractivity contribution >= 4 is 29.0 Å². The Kier molecular flexibility index (Phi) is 5.40. The smallest absolute Gasteiger partial charge is 0.224 e. The third-order valence-corrected chi connectivity index (χ3v) is 4.84. The molecular formula is C11H18N4OS2. The van der Waals surface area contributed by atoms with E-state index in [-0.39, 0.29) is 11.8 Å². The van der Waals surface area contributed by atoms with E-state index in [4.69, 9.17) is 0 Å². The second-order valence-electron chi connectivity index (χ2n) is 4.27. The lowest BCUT2D eigenvalue weighted by molar-refractivity contribution is -0.124. The van der Waals surface area contributed by atoms with Gasteiger partial charge in [-0.3, -0.25) is 4.79 Å².